The fraction of sp³-hybridized carbons (Fsp3) is 0.0588. The number of rotatable bonds is 0. The van der Waals surface area contributed by atoms with Crippen molar-refractivity contribution in [2.45, 2.75) is 16.7 Å². The predicted molar refractivity (Wildman–Crippen MR) is 91.0 cm³/mol. The van der Waals surface area contributed by atoms with Crippen molar-refractivity contribution in [2.24, 2.45) is 0 Å². The molecule has 0 unspecified atom stereocenters. The van der Waals surface area contributed by atoms with Crippen molar-refractivity contribution in [3.63, 3.8) is 0 Å². The third kappa shape index (κ3) is 1.78. The van der Waals surface area contributed by atoms with Gasteiger partial charge < -0.3 is 0 Å². The average Bonchev–Trinajstić information content (AvgIpc) is 2.38. The molecule has 0 amide bonds. The van der Waals surface area contributed by atoms with E-state index in [-0.39, 0.29) is 0 Å². The highest BCUT2D eigenvalue weighted by Gasteiger charge is 2.08. The maximum atomic E-state index is 4.56. The van der Waals surface area contributed by atoms with Gasteiger partial charge in [-0.2, -0.15) is 0 Å². The van der Waals surface area contributed by atoms with Gasteiger partial charge in [0.1, 0.15) is 0 Å². The molecule has 0 aliphatic heterocycles. The van der Waals surface area contributed by atoms with Crippen LogP contribution >= 0.6 is 25.3 Å². The molecule has 0 aliphatic carbocycles. The molecule has 19 heavy (non-hydrogen) atoms. The van der Waals surface area contributed by atoms with E-state index in [1.807, 2.05) is 12.1 Å². The van der Waals surface area contributed by atoms with E-state index >= 15 is 0 Å². The van der Waals surface area contributed by atoms with Crippen LogP contribution in [0, 0.1) is 6.92 Å². The Balaban J connectivity index is 2.78. The van der Waals surface area contributed by atoms with Gasteiger partial charge >= 0.3 is 0 Å². The zero-order valence-electron chi connectivity index (χ0n) is 10.7. The molecule has 0 atom stereocenters. The minimum atomic E-state index is 0.921. The number of thiol groups is 2. The Morgan fingerprint density at radius 1 is 0.789 bits per heavy atom. The number of fused-ring (bicyclic) bond motifs is 2. The minimum absolute atomic E-state index is 0.921. The Labute approximate surface area is 123 Å². The molecular weight excluding hydrogens is 268 g/mol. The van der Waals surface area contributed by atoms with Crippen molar-refractivity contribution in [3.05, 3.63) is 46.3 Å². The van der Waals surface area contributed by atoms with E-state index < -0.39 is 0 Å². The molecule has 3 aromatic rings. The Bertz CT molecular complexity index is 924. The molecular formula is C17H14S2. The summed E-state index contributed by atoms with van der Waals surface area (Å²) in [5.41, 5.74) is 1.22. The van der Waals surface area contributed by atoms with Crippen LogP contribution in [0.15, 0.2) is 40.1 Å². The minimum Gasteiger partial charge on any atom is -0.143 e. The number of benzene rings is 3. The summed E-state index contributed by atoms with van der Waals surface area (Å²) in [5, 5.41) is 6.39. The van der Waals surface area contributed by atoms with Gasteiger partial charge in [0.15, 0.2) is 0 Å². The smallest absolute Gasteiger partial charge is 0.0126 e. The second-order valence-electron chi connectivity index (χ2n) is 4.86. The first-order chi connectivity index (χ1) is 9.00. The molecule has 0 saturated carbocycles. The number of hydrogen-bond donors (Lipinski definition) is 2. The molecule has 2 heteroatoms. The topological polar surface area (TPSA) is 0 Å². The summed E-state index contributed by atoms with van der Waals surface area (Å²) in [6.45, 7) is 10.6. The number of hydrogen-bond acceptors (Lipinski definition) is 2. The van der Waals surface area contributed by atoms with Crippen LogP contribution in [-0.2, 0) is 0 Å². The van der Waals surface area contributed by atoms with Crippen LogP contribution in [0.2, 0.25) is 0 Å². The van der Waals surface area contributed by atoms with Crippen LogP contribution in [-0.4, -0.2) is 0 Å². The summed E-state index contributed by atoms with van der Waals surface area (Å²) in [5.74, 6) is 0. The van der Waals surface area contributed by atoms with Crippen molar-refractivity contribution >= 4 is 60.0 Å². The molecule has 3 aromatic carbocycles. The van der Waals surface area contributed by atoms with Gasteiger partial charge in [-0.1, -0.05) is 36.9 Å². The molecule has 0 saturated heterocycles. The zero-order valence-corrected chi connectivity index (χ0v) is 12.5. The van der Waals surface area contributed by atoms with Gasteiger partial charge in [0, 0.05) is 20.6 Å². The lowest BCUT2D eigenvalue weighted by atomic mass is 9.97. The van der Waals surface area contributed by atoms with E-state index in [0.717, 1.165) is 41.8 Å². The average molecular weight is 282 g/mol. The van der Waals surface area contributed by atoms with Crippen LogP contribution in [0.3, 0.4) is 0 Å². The maximum Gasteiger partial charge on any atom is 0.0126 e. The van der Waals surface area contributed by atoms with Crippen molar-refractivity contribution in [2.75, 3.05) is 0 Å². The molecule has 0 bridgehead atoms. The van der Waals surface area contributed by atoms with Crippen molar-refractivity contribution < 1.29 is 0 Å². The standard InChI is InChI=1S/C17H14S2/c1-9-4-5-12-10(2)16-14(18)6-7-15(19)17(16)11(3)13(12)8-9/h4-8,18-19H,2-3H2,1H3. The predicted octanol–water partition coefficient (Wildman–Crippen LogP) is 3.70. The third-order valence-corrected chi connectivity index (χ3v) is 4.34. The first-order valence-corrected chi connectivity index (χ1v) is 6.95. The van der Waals surface area contributed by atoms with Gasteiger partial charge in [-0.3, -0.25) is 0 Å². The second-order valence-corrected chi connectivity index (χ2v) is 5.82. The van der Waals surface area contributed by atoms with E-state index in [0.29, 0.717) is 0 Å². The zero-order chi connectivity index (χ0) is 13.7. The normalized spacial score (nSPS) is 11.3. The largest absolute Gasteiger partial charge is 0.143 e. The first kappa shape index (κ1) is 12.6. The van der Waals surface area contributed by atoms with Crippen molar-refractivity contribution in [1.29, 1.82) is 0 Å². The molecule has 0 heterocycles. The highest BCUT2D eigenvalue weighted by molar-refractivity contribution is 7.81. The summed E-state index contributed by atoms with van der Waals surface area (Å²) in [7, 11) is 0. The molecule has 0 spiro atoms. The van der Waals surface area contributed by atoms with Crippen LogP contribution in [0.4, 0.5) is 0 Å². The number of aryl methyl sites for hydroxylation is 1. The van der Waals surface area contributed by atoms with E-state index in [4.69, 9.17) is 0 Å². The first-order valence-electron chi connectivity index (χ1n) is 6.05. The van der Waals surface area contributed by atoms with E-state index in [9.17, 15) is 0 Å². The lowest BCUT2D eigenvalue weighted by Gasteiger charge is -2.10. The van der Waals surface area contributed by atoms with E-state index in [1.54, 1.807) is 0 Å². The molecule has 3 rings (SSSR count). The van der Waals surface area contributed by atoms with Crippen molar-refractivity contribution in [1.82, 2.24) is 0 Å². The van der Waals surface area contributed by atoms with Gasteiger partial charge in [-0.05, 0) is 40.3 Å². The maximum absolute atomic E-state index is 4.56. The Morgan fingerprint density at radius 3 is 1.89 bits per heavy atom. The fourth-order valence-corrected chi connectivity index (χ4v) is 3.27. The van der Waals surface area contributed by atoms with Gasteiger partial charge in [0.25, 0.3) is 0 Å². The van der Waals surface area contributed by atoms with E-state index in [1.165, 1.54) is 5.56 Å². The SMILES string of the molecule is C=c1c2ccc(C)cc2c(=C)c2c(S)ccc(S)c12. The van der Waals surface area contributed by atoms with Crippen molar-refractivity contribution in [3.8, 4) is 0 Å². The van der Waals surface area contributed by atoms with Crippen LogP contribution < -0.4 is 10.4 Å². The lowest BCUT2D eigenvalue weighted by Crippen LogP contribution is -2.13. The summed E-state index contributed by atoms with van der Waals surface area (Å²) in [6.07, 6.45) is 0. The molecule has 0 fully saturated rings. The summed E-state index contributed by atoms with van der Waals surface area (Å²) in [6, 6.07) is 10.3. The molecule has 0 N–H and O–H groups in total. The Kier molecular flexibility index (Phi) is 2.88. The van der Waals surface area contributed by atoms with Crippen LogP contribution in [0.25, 0.3) is 34.7 Å². The highest BCUT2D eigenvalue weighted by atomic mass is 32.1. The molecule has 94 valence electrons. The fourth-order valence-electron chi connectivity index (χ4n) is 2.63. The van der Waals surface area contributed by atoms with Gasteiger partial charge in [0.2, 0.25) is 0 Å². The highest BCUT2D eigenvalue weighted by Crippen LogP contribution is 2.25. The lowest BCUT2D eigenvalue weighted by molar-refractivity contribution is 1.44. The second kappa shape index (κ2) is 4.32. The third-order valence-electron chi connectivity index (χ3n) is 3.59. The summed E-state index contributed by atoms with van der Waals surface area (Å²) < 4.78 is 0. The Morgan fingerprint density at radius 2 is 1.32 bits per heavy atom. The van der Waals surface area contributed by atoms with Crippen LogP contribution in [0.1, 0.15) is 5.56 Å². The monoisotopic (exact) mass is 282 g/mol. The van der Waals surface area contributed by atoms with E-state index in [2.05, 4.69) is 63.5 Å². The van der Waals surface area contributed by atoms with Gasteiger partial charge in [0.05, 0.1) is 0 Å². The Hall–Kier alpha value is -1.38. The summed E-state index contributed by atoms with van der Waals surface area (Å²) >= 11 is 9.12. The van der Waals surface area contributed by atoms with Gasteiger partial charge in [-0.25, -0.2) is 0 Å². The molecule has 0 aromatic heterocycles. The van der Waals surface area contributed by atoms with Crippen LogP contribution in [0.5, 0.6) is 0 Å². The molecule has 0 nitrogen and oxygen atoms in total. The molecule has 0 radical (unpaired) electrons. The summed E-state index contributed by atoms with van der Waals surface area (Å²) in [4.78, 5) is 1.84. The quantitative estimate of drug-likeness (QED) is 0.456. The molecule has 0 aliphatic rings. The van der Waals surface area contributed by atoms with Gasteiger partial charge in [-0.15, -0.1) is 25.3 Å².